The highest BCUT2D eigenvalue weighted by Gasteiger charge is 2.31. The van der Waals surface area contributed by atoms with Crippen molar-refractivity contribution in [3.63, 3.8) is 0 Å². The fourth-order valence-electron chi connectivity index (χ4n) is 2.25. The largest absolute Gasteiger partial charge is 0.396 e. The van der Waals surface area contributed by atoms with Gasteiger partial charge in [0.1, 0.15) is 0 Å². The first kappa shape index (κ1) is 8.48. The second kappa shape index (κ2) is 3.73. The lowest BCUT2D eigenvalue weighted by atomic mass is 9.90. The first-order valence-corrected chi connectivity index (χ1v) is 4.97. The van der Waals surface area contributed by atoms with E-state index in [4.69, 9.17) is 5.11 Å². The van der Waals surface area contributed by atoms with E-state index in [9.17, 15) is 0 Å². The van der Waals surface area contributed by atoms with E-state index < -0.39 is 0 Å². The molecule has 0 saturated carbocycles. The van der Waals surface area contributed by atoms with Crippen molar-refractivity contribution in [2.45, 2.75) is 18.9 Å². The highest BCUT2D eigenvalue weighted by molar-refractivity contribution is 4.88. The van der Waals surface area contributed by atoms with Gasteiger partial charge in [0.2, 0.25) is 0 Å². The molecule has 70 valence electrons. The van der Waals surface area contributed by atoms with Crippen molar-refractivity contribution in [3.05, 3.63) is 0 Å². The first-order chi connectivity index (χ1) is 5.92. The topological polar surface area (TPSA) is 35.5 Å². The standard InChI is InChI=1S/C9H18N2O/c12-7-8-6-10-3-2-9(8)11-4-1-5-11/h8-10,12H,1-7H2. The van der Waals surface area contributed by atoms with Crippen LogP contribution in [-0.2, 0) is 0 Å². The molecule has 2 heterocycles. The molecule has 3 nitrogen and oxygen atoms in total. The van der Waals surface area contributed by atoms with Crippen LogP contribution < -0.4 is 5.32 Å². The minimum atomic E-state index is 0.341. The summed E-state index contributed by atoms with van der Waals surface area (Å²) < 4.78 is 0. The van der Waals surface area contributed by atoms with Crippen LogP contribution in [0, 0.1) is 5.92 Å². The highest BCUT2D eigenvalue weighted by atomic mass is 16.3. The SMILES string of the molecule is OCC1CNCCC1N1CCC1. The molecule has 0 radical (unpaired) electrons. The summed E-state index contributed by atoms with van der Waals surface area (Å²) in [5.74, 6) is 0.471. The fourth-order valence-corrected chi connectivity index (χ4v) is 2.25. The van der Waals surface area contributed by atoms with Crippen molar-refractivity contribution in [2.75, 3.05) is 32.8 Å². The quantitative estimate of drug-likeness (QED) is 0.595. The third kappa shape index (κ3) is 1.49. The van der Waals surface area contributed by atoms with Gasteiger partial charge in [-0.05, 0) is 32.5 Å². The molecule has 2 fully saturated rings. The number of nitrogens with one attached hydrogen (secondary N) is 1. The summed E-state index contributed by atoms with van der Waals surface area (Å²) in [4.78, 5) is 2.52. The summed E-state index contributed by atoms with van der Waals surface area (Å²) in [6.07, 6.45) is 2.56. The van der Waals surface area contributed by atoms with Crippen LogP contribution in [0.15, 0.2) is 0 Å². The van der Waals surface area contributed by atoms with E-state index in [1.54, 1.807) is 0 Å². The zero-order valence-electron chi connectivity index (χ0n) is 7.50. The van der Waals surface area contributed by atoms with E-state index in [0.29, 0.717) is 18.6 Å². The van der Waals surface area contributed by atoms with Gasteiger partial charge in [-0.15, -0.1) is 0 Å². The molecule has 0 amide bonds. The molecule has 2 rings (SSSR count). The number of aliphatic hydroxyl groups excluding tert-OH is 1. The van der Waals surface area contributed by atoms with E-state index in [-0.39, 0.29) is 0 Å². The Morgan fingerprint density at radius 1 is 1.42 bits per heavy atom. The summed E-state index contributed by atoms with van der Waals surface area (Å²) in [5.41, 5.74) is 0. The average Bonchev–Trinajstić information content (AvgIpc) is 2.02. The number of likely N-dealkylation sites (tertiary alicyclic amines) is 1. The van der Waals surface area contributed by atoms with E-state index >= 15 is 0 Å². The molecule has 0 aromatic carbocycles. The Bertz CT molecular complexity index is 147. The monoisotopic (exact) mass is 170 g/mol. The smallest absolute Gasteiger partial charge is 0.0486 e. The van der Waals surface area contributed by atoms with Crippen LogP contribution in [0.3, 0.4) is 0 Å². The van der Waals surface area contributed by atoms with Crippen molar-refractivity contribution in [1.82, 2.24) is 10.2 Å². The Kier molecular flexibility index (Phi) is 2.63. The molecule has 0 aromatic heterocycles. The lowest BCUT2D eigenvalue weighted by molar-refractivity contribution is 0.0342. The van der Waals surface area contributed by atoms with Gasteiger partial charge in [-0.25, -0.2) is 0 Å². The van der Waals surface area contributed by atoms with Gasteiger partial charge in [0, 0.05) is 25.1 Å². The lowest BCUT2D eigenvalue weighted by Crippen LogP contribution is -2.55. The van der Waals surface area contributed by atoms with E-state index in [2.05, 4.69) is 10.2 Å². The number of rotatable bonds is 2. The van der Waals surface area contributed by atoms with Crippen molar-refractivity contribution >= 4 is 0 Å². The van der Waals surface area contributed by atoms with Gasteiger partial charge in [-0.3, -0.25) is 4.90 Å². The second-order valence-electron chi connectivity index (χ2n) is 3.89. The van der Waals surface area contributed by atoms with E-state index in [1.165, 1.54) is 25.9 Å². The molecule has 3 heteroatoms. The molecule has 2 atom stereocenters. The first-order valence-electron chi connectivity index (χ1n) is 4.97. The average molecular weight is 170 g/mol. The molecule has 0 spiro atoms. The molecule has 2 aliphatic heterocycles. The Labute approximate surface area is 73.8 Å². The van der Waals surface area contributed by atoms with Gasteiger partial charge in [0.15, 0.2) is 0 Å². The van der Waals surface area contributed by atoms with Crippen LogP contribution in [-0.4, -0.2) is 48.8 Å². The van der Waals surface area contributed by atoms with E-state index in [0.717, 1.165) is 13.1 Å². The van der Waals surface area contributed by atoms with Crippen LogP contribution >= 0.6 is 0 Å². The molecule has 2 saturated heterocycles. The molecule has 2 N–H and O–H groups in total. The Morgan fingerprint density at radius 3 is 2.83 bits per heavy atom. The lowest BCUT2D eigenvalue weighted by Gasteiger charge is -2.44. The number of hydrogen-bond donors (Lipinski definition) is 2. The summed E-state index contributed by atoms with van der Waals surface area (Å²) in [6.45, 7) is 4.96. The van der Waals surface area contributed by atoms with Crippen molar-refractivity contribution < 1.29 is 5.11 Å². The van der Waals surface area contributed by atoms with Gasteiger partial charge in [-0.1, -0.05) is 0 Å². The minimum Gasteiger partial charge on any atom is -0.396 e. The summed E-state index contributed by atoms with van der Waals surface area (Å²) in [5, 5.41) is 12.5. The predicted molar refractivity (Wildman–Crippen MR) is 48.0 cm³/mol. The van der Waals surface area contributed by atoms with Crippen LogP contribution in [0.1, 0.15) is 12.8 Å². The number of nitrogens with zero attached hydrogens (tertiary/aromatic N) is 1. The van der Waals surface area contributed by atoms with Crippen molar-refractivity contribution in [3.8, 4) is 0 Å². The summed E-state index contributed by atoms with van der Waals surface area (Å²) in [6, 6.07) is 0.657. The van der Waals surface area contributed by atoms with Crippen LogP contribution in [0.25, 0.3) is 0 Å². The van der Waals surface area contributed by atoms with Crippen LogP contribution in [0.2, 0.25) is 0 Å². The fraction of sp³-hybridized carbons (Fsp3) is 1.00. The highest BCUT2D eigenvalue weighted by Crippen LogP contribution is 2.22. The summed E-state index contributed by atoms with van der Waals surface area (Å²) in [7, 11) is 0. The molecule has 0 aromatic rings. The number of hydrogen-bond acceptors (Lipinski definition) is 3. The third-order valence-corrected chi connectivity index (χ3v) is 3.16. The maximum absolute atomic E-state index is 9.16. The van der Waals surface area contributed by atoms with Crippen molar-refractivity contribution in [1.29, 1.82) is 0 Å². The molecule has 0 aliphatic carbocycles. The van der Waals surface area contributed by atoms with Gasteiger partial charge >= 0.3 is 0 Å². The Morgan fingerprint density at radius 2 is 2.25 bits per heavy atom. The van der Waals surface area contributed by atoms with Crippen LogP contribution in [0.4, 0.5) is 0 Å². The van der Waals surface area contributed by atoms with Gasteiger partial charge < -0.3 is 10.4 Å². The summed E-state index contributed by atoms with van der Waals surface area (Å²) >= 11 is 0. The van der Waals surface area contributed by atoms with Gasteiger partial charge in [0.05, 0.1) is 0 Å². The molecular formula is C9H18N2O. The van der Waals surface area contributed by atoms with E-state index in [1.807, 2.05) is 0 Å². The van der Waals surface area contributed by atoms with Gasteiger partial charge in [-0.2, -0.15) is 0 Å². The number of aliphatic hydroxyl groups is 1. The molecular weight excluding hydrogens is 152 g/mol. The Hall–Kier alpha value is -0.120. The maximum Gasteiger partial charge on any atom is 0.0486 e. The minimum absolute atomic E-state index is 0.341. The third-order valence-electron chi connectivity index (χ3n) is 3.16. The van der Waals surface area contributed by atoms with Crippen molar-refractivity contribution in [2.24, 2.45) is 5.92 Å². The molecule has 0 bridgehead atoms. The number of piperidine rings is 1. The van der Waals surface area contributed by atoms with Gasteiger partial charge in [0.25, 0.3) is 0 Å². The molecule has 12 heavy (non-hydrogen) atoms. The van der Waals surface area contributed by atoms with Crippen LogP contribution in [0.5, 0.6) is 0 Å². The maximum atomic E-state index is 9.16. The zero-order chi connectivity index (χ0) is 8.39. The molecule has 2 unspecified atom stereocenters. The second-order valence-corrected chi connectivity index (χ2v) is 3.89. The predicted octanol–water partition coefficient (Wildman–Crippen LogP) is -0.337. The molecule has 2 aliphatic rings. The Balaban J connectivity index is 1.90. The normalized spacial score (nSPS) is 37.8. The zero-order valence-corrected chi connectivity index (χ0v) is 7.50.